The minimum Gasteiger partial charge on any atom is -0.374 e. The summed E-state index contributed by atoms with van der Waals surface area (Å²) in [5.41, 5.74) is 10.7. The Balaban J connectivity index is 2.37. The van der Waals surface area contributed by atoms with E-state index in [4.69, 9.17) is 16.2 Å². The number of ether oxygens (including phenoxy) is 1. The van der Waals surface area contributed by atoms with E-state index >= 15 is 0 Å². The zero-order chi connectivity index (χ0) is 14.5. The lowest BCUT2D eigenvalue weighted by Crippen LogP contribution is -2.50. The van der Waals surface area contributed by atoms with Gasteiger partial charge in [0.2, 0.25) is 5.91 Å². The Kier molecular flexibility index (Phi) is 6.18. The maximum absolute atomic E-state index is 11.7. The number of carbonyl (C=O) groups is 1. The molecule has 0 saturated carbocycles. The molecule has 0 aromatic heterocycles. The van der Waals surface area contributed by atoms with Crippen LogP contribution < -0.4 is 11.5 Å². The summed E-state index contributed by atoms with van der Waals surface area (Å²) in [5, 5.41) is 0. The van der Waals surface area contributed by atoms with Crippen LogP contribution in [-0.2, 0) is 19.4 Å². The van der Waals surface area contributed by atoms with Gasteiger partial charge in [0.25, 0.3) is 0 Å². The van der Waals surface area contributed by atoms with Gasteiger partial charge in [0.1, 0.15) is 0 Å². The van der Waals surface area contributed by atoms with E-state index in [0.717, 1.165) is 0 Å². The van der Waals surface area contributed by atoms with Crippen LogP contribution in [0.3, 0.4) is 0 Å². The fourth-order valence-corrected chi connectivity index (χ4v) is 3.13. The molecule has 112 valence electrons. The zero-order valence-electron chi connectivity index (χ0n) is 11.2. The summed E-state index contributed by atoms with van der Waals surface area (Å²) in [5.74, 6) is -0.734. The molecule has 1 fully saturated rings. The van der Waals surface area contributed by atoms with E-state index in [1.165, 1.54) is 0 Å². The molecule has 2 unspecified atom stereocenters. The van der Waals surface area contributed by atoms with Crippen LogP contribution in [0, 0.1) is 0 Å². The third-order valence-corrected chi connectivity index (χ3v) is 4.77. The predicted octanol–water partition coefficient (Wildman–Crippen LogP) is -1.68. The highest BCUT2D eigenvalue weighted by atomic mass is 32.2. The van der Waals surface area contributed by atoms with Crippen molar-refractivity contribution in [1.82, 2.24) is 4.90 Å². The van der Waals surface area contributed by atoms with Crippen molar-refractivity contribution >= 4 is 15.7 Å². The molecular weight excluding hydrogens is 270 g/mol. The summed E-state index contributed by atoms with van der Waals surface area (Å²) < 4.78 is 28.9. The van der Waals surface area contributed by atoms with Gasteiger partial charge in [-0.15, -0.1) is 0 Å². The largest absolute Gasteiger partial charge is 0.374 e. The molecule has 1 heterocycles. The molecule has 7 nitrogen and oxygen atoms in total. The van der Waals surface area contributed by atoms with Gasteiger partial charge in [0.15, 0.2) is 9.84 Å². The number of nitrogens with zero attached hydrogens (tertiary/aromatic N) is 1. The van der Waals surface area contributed by atoms with Crippen molar-refractivity contribution in [3.63, 3.8) is 0 Å². The van der Waals surface area contributed by atoms with E-state index in [1.807, 2.05) is 11.8 Å². The highest BCUT2D eigenvalue weighted by molar-refractivity contribution is 7.91. The Bertz CT molecular complexity index is 397. The molecule has 0 aromatic rings. The van der Waals surface area contributed by atoms with Crippen molar-refractivity contribution in [2.45, 2.75) is 25.5 Å². The summed E-state index contributed by atoms with van der Waals surface area (Å²) in [6.07, 6.45) is -0.171. The minimum atomic E-state index is -3.23. The summed E-state index contributed by atoms with van der Waals surface area (Å²) in [4.78, 5) is 12.6. The number of hydrogen-bond donors (Lipinski definition) is 2. The van der Waals surface area contributed by atoms with Gasteiger partial charge in [-0.2, -0.15) is 0 Å². The maximum atomic E-state index is 11.7. The molecule has 19 heavy (non-hydrogen) atoms. The van der Waals surface area contributed by atoms with Crippen LogP contribution in [0.15, 0.2) is 0 Å². The zero-order valence-corrected chi connectivity index (χ0v) is 12.1. The van der Waals surface area contributed by atoms with Crippen LogP contribution >= 0.6 is 0 Å². The van der Waals surface area contributed by atoms with Gasteiger partial charge >= 0.3 is 0 Å². The standard InChI is InChI=1S/C11H23N3O4S/c1-9(12)10-8-14(3-5-18-10)4-7-19(16,17)6-2-11(13)15/h9-10H,2-8,12H2,1H3,(H2,13,15). The number of rotatable bonds is 7. The van der Waals surface area contributed by atoms with E-state index in [1.54, 1.807) is 0 Å². The van der Waals surface area contributed by atoms with E-state index < -0.39 is 15.7 Å². The molecule has 0 aromatic carbocycles. The second-order valence-corrected chi connectivity index (χ2v) is 7.24. The van der Waals surface area contributed by atoms with E-state index in [0.29, 0.717) is 26.2 Å². The fourth-order valence-electron chi connectivity index (χ4n) is 1.88. The van der Waals surface area contributed by atoms with Gasteiger partial charge in [-0.25, -0.2) is 8.42 Å². The summed E-state index contributed by atoms with van der Waals surface area (Å²) in [7, 11) is -3.23. The van der Waals surface area contributed by atoms with Crippen molar-refractivity contribution in [2.24, 2.45) is 11.5 Å². The van der Waals surface area contributed by atoms with E-state index in [-0.39, 0.29) is 30.1 Å². The van der Waals surface area contributed by atoms with Crippen molar-refractivity contribution < 1.29 is 17.9 Å². The molecule has 0 spiro atoms. The number of morpholine rings is 1. The number of primary amides is 1. The maximum Gasteiger partial charge on any atom is 0.218 e. The highest BCUT2D eigenvalue weighted by Gasteiger charge is 2.24. The minimum absolute atomic E-state index is 0.0337. The third kappa shape index (κ3) is 6.33. The summed E-state index contributed by atoms with van der Waals surface area (Å²) >= 11 is 0. The first kappa shape index (κ1) is 16.4. The van der Waals surface area contributed by atoms with Crippen LogP contribution in [0.5, 0.6) is 0 Å². The number of carbonyl (C=O) groups excluding carboxylic acids is 1. The molecule has 1 aliphatic rings. The van der Waals surface area contributed by atoms with Crippen molar-refractivity contribution in [3.05, 3.63) is 0 Å². The second-order valence-electron chi connectivity index (χ2n) is 4.94. The lowest BCUT2D eigenvalue weighted by Gasteiger charge is -2.34. The van der Waals surface area contributed by atoms with Crippen molar-refractivity contribution in [2.75, 3.05) is 37.7 Å². The number of hydrogen-bond acceptors (Lipinski definition) is 6. The van der Waals surface area contributed by atoms with Crippen LogP contribution in [-0.4, -0.2) is 69.1 Å². The van der Waals surface area contributed by atoms with Crippen molar-refractivity contribution in [3.8, 4) is 0 Å². The molecule has 2 atom stereocenters. The normalized spacial score (nSPS) is 23.2. The van der Waals surface area contributed by atoms with Gasteiger partial charge < -0.3 is 16.2 Å². The average Bonchev–Trinajstić information content (AvgIpc) is 2.35. The summed E-state index contributed by atoms with van der Waals surface area (Å²) in [6, 6.07) is -0.0748. The first-order chi connectivity index (χ1) is 8.80. The van der Waals surface area contributed by atoms with Crippen LogP contribution in [0.25, 0.3) is 0 Å². The Morgan fingerprint density at radius 2 is 2.16 bits per heavy atom. The lowest BCUT2D eigenvalue weighted by atomic mass is 10.1. The topological polar surface area (TPSA) is 116 Å². The molecule has 8 heteroatoms. The van der Waals surface area contributed by atoms with E-state index in [2.05, 4.69) is 0 Å². The average molecular weight is 293 g/mol. The molecule has 1 amide bonds. The molecule has 1 rings (SSSR count). The molecule has 4 N–H and O–H groups in total. The Hall–Kier alpha value is -0.700. The monoisotopic (exact) mass is 293 g/mol. The lowest BCUT2D eigenvalue weighted by molar-refractivity contribution is -0.117. The predicted molar refractivity (Wildman–Crippen MR) is 72.3 cm³/mol. The quantitative estimate of drug-likeness (QED) is 0.579. The second kappa shape index (κ2) is 7.18. The van der Waals surface area contributed by atoms with Gasteiger partial charge in [0.05, 0.1) is 24.2 Å². The van der Waals surface area contributed by atoms with Gasteiger partial charge in [-0.1, -0.05) is 0 Å². The van der Waals surface area contributed by atoms with Gasteiger partial charge in [-0.05, 0) is 6.92 Å². The molecule has 1 aliphatic heterocycles. The smallest absolute Gasteiger partial charge is 0.218 e. The molecule has 0 bridgehead atoms. The Morgan fingerprint density at radius 3 is 2.74 bits per heavy atom. The number of amides is 1. The molecule has 0 radical (unpaired) electrons. The Labute approximate surface area is 114 Å². The molecule has 0 aliphatic carbocycles. The van der Waals surface area contributed by atoms with Gasteiger partial charge in [-0.3, -0.25) is 9.69 Å². The highest BCUT2D eigenvalue weighted by Crippen LogP contribution is 2.08. The first-order valence-electron chi connectivity index (χ1n) is 6.38. The van der Waals surface area contributed by atoms with E-state index in [9.17, 15) is 13.2 Å². The molecular formula is C11H23N3O4S. The number of sulfone groups is 1. The third-order valence-electron chi connectivity index (χ3n) is 3.14. The van der Waals surface area contributed by atoms with Crippen LogP contribution in [0.4, 0.5) is 0 Å². The van der Waals surface area contributed by atoms with Crippen molar-refractivity contribution in [1.29, 1.82) is 0 Å². The Morgan fingerprint density at radius 1 is 1.47 bits per heavy atom. The van der Waals surface area contributed by atoms with Crippen LogP contribution in [0.2, 0.25) is 0 Å². The fraction of sp³-hybridized carbons (Fsp3) is 0.909. The van der Waals surface area contributed by atoms with Crippen LogP contribution in [0.1, 0.15) is 13.3 Å². The molecule has 1 saturated heterocycles. The first-order valence-corrected chi connectivity index (χ1v) is 8.20. The number of nitrogens with two attached hydrogens (primary N) is 2. The van der Waals surface area contributed by atoms with Gasteiger partial charge in [0, 0.05) is 32.1 Å². The summed E-state index contributed by atoms with van der Waals surface area (Å²) in [6.45, 7) is 4.22. The SMILES string of the molecule is CC(N)C1CN(CCS(=O)(=O)CCC(N)=O)CCO1.